The third-order valence-electron chi connectivity index (χ3n) is 17.3. The Labute approximate surface area is 346 Å². The summed E-state index contributed by atoms with van der Waals surface area (Å²) < 4.78 is 43.0. The Kier molecular flexibility index (Phi) is 11.2. The SMILES string of the molecule is CC(=O)O[C@@H]1[C@@H](OC(C)=O)[C@H](O[C@H]2CC[C@]34C[C@@]35CC[C@]3(C)[C@@H]([C@@]6(C)CC[C@@H](C(C)(C)O)O6)[C@@H](O)C[C@@]3(C)[C@@H]5C[C@H](O[C@@H]3O[C@H](CO)[C@@H](O)[C@H](O)[C@H]3O)C4C2)OC[C@H]1O. The van der Waals surface area contributed by atoms with Crippen molar-refractivity contribution in [3.05, 3.63) is 0 Å². The maximum absolute atomic E-state index is 12.2. The highest BCUT2D eigenvalue weighted by molar-refractivity contribution is 5.67. The van der Waals surface area contributed by atoms with Crippen molar-refractivity contribution in [2.45, 2.75) is 204 Å². The fourth-order valence-electron chi connectivity index (χ4n) is 14.6. The van der Waals surface area contributed by atoms with Crippen molar-refractivity contribution in [2.75, 3.05) is 13.2 Å². The molecule has 336 valence electrons. The van der Waals surface area contributed by atoms with Gasteiger partial charge in [0.05, 0.1) is 48.8 Å². The van der Waals surface area contributed by atoms with Crippen molar-refractivity contribution in [3.63, 3.8) is 0 Å². The minimum atomic E-state index is -1.62. The molecule has 21 atom stereocenters. The number of aliphatic hydroxyl groups is 7. The second-order valence-corrected chi connectivity index (χ2v) is 20.9. The summed E-state index contributed by atoms with van der Waals surface area (Å²) in [5, 5.41) is 76.5. The Morgan fingerprint density at radius 3 is 2.12 bits per heavy atom. The lowest BCUT2D eigenvalue weighted by molar-refractivity contribution is -0.328. The van der Waals surface area contributed by atoms with E-state index in [1.54, 1.807) is 13.8 Å². The van der Waals surface area contributed by atoms with Gasteiger partial charge >= 0.3 is 11.9 Å². The van der Waals surface area contributed by atoms with Crippen molar-refractivity contribution in [1.29, 1.82) is 0 Å². The molecule has 1 unspecified atom stereocenters. The van der Waals surface area contributed by atoms with Crippen molar-refractivity contribution in [3.8, 4) is 0 Å². The first kappa shape index (κ1) is 44.1. The molecule has 16 heteroatoms. The lowest BCUT2D eigenvalue weighted by atomic mass is 9.42. The van der Waals surface area contributed by atoms with Crippen LogP contribution in [0, 0.1) is 39.4 Å². The highest BCUT2D eigenvalue weighted by Crippen LogP contribution is 2.88. The van der Waals surface area contributed by atoms with Crippen molar-refractivity contribution < 1.29 is 78.5 Å². The monoisotopic (exact) mass is 840 g/mol. The molecule has 3 aliphatic heterocycles. The summed E-state index contributed by atoms with van der Waals surface area (Å²) in [5.74, 6) is -1.53. The number of hydrogen-bond acceptors (Lipinski definition) is 16. The summed E-state index contributed by atoms with van der Waals surface area (Å²) in [7, 11) is 0. The minimum Gasteiger partial charge on any atom is -0.455 e. The van der Waals surface area contributed by atoms with Crippen LogP contribution in [0.3, 0.4) is 0 Å². The number of hydrogen-bond donors (Lipinski definition) is 7. The molecule has 59 heavy (non-hydrogen) atoms. The molecule has 0 amide bonds. The van der Waals surface area contributed by atoms with E-state index in [9.17, 15) is 45.3 Å². The Balaban J connectivity index is 1.10. The summed E-state index contributed by atoms with van der Waals surface area (Å²) in [6, 6.07) is 0. The van der Waals surface area contributed by atoms with Crippen molar-refractivity contribution in [2.24, 2.45) is 39.4 Å². The molecule has 0 bridgehead atoms. The van der Waals surface area contributed by atoms with Gasteiger partial charge in [-0.1, -0.05) is 13.8 Å². The van der Waals surface area contributed by atoms with Crippen LogP contribution >= 0.6 is 0 Å². The molecule has 0 radical (unpaired) electrons. The molecule has 5 saturated carbocycles. The van der Waals surface area contributed by atoms with Gasteiger partial charge < -0.3 is 68.9 Å². The Hall–Kier alpha value is -1.54. The maximum Gasteiger partial charge on any atom is 0.303 e. The van der Waals surface area contributed by atoms with Crippen molar-refractivity contribution >= 4 is 11.9 Å². The molecule has 3 saturated heterocycles. The third kappa shape index (κ3) is 6.84. The third-order valence-corrected chi connectivity index (χ3v) is 17.3. The summed E-state index contributed by atoms with van der Waals surface area (Å²) in [5.41, 5.74) is -2.61. The zero-order chi connectivity index (χ0) is 42.8. The quantitative estimate of drug-likeness (QED) is 0.128. The fourth-order valence-corrected chi connectivity index (χ4v) is 14.6. The first-order valence-corrected chi connectivity index (χ1v) is 21.9. The summed E-state index contributed by atoms with van der Waals surface area (Å²) >= 11 is 0. The van der Waals surface area contributed by atoms with Crippen LogP contribution in [0.4, 0.5) is 0 Å². The number of ether oxygens (including phenoxy) is 7. The number of carbonyl (C=O) groups is 2. The first-order valence-electron chi connectivity index (χ1n) is 21.9. The smallest absolute Gasteiger partial charge is 0.303 e. The standard InChI is InChI=1S/C43H68O16/c1-20(45)54-33-25(48)18-53-37(34(33)55-21(2)46)56-22-8-11-42-19-43(42)13-12-39(5)35(41(7)10-9-29(59-41)38(3,4)52)24(47)16-40(39,6)28(43)15-26(23(42)14-22)57-36-32(51)31(50)30(49)27(17-44)58-36/h22-37,44,47-52H,8-19H2,1-7H3/t22-,23?,24-,25+,26-,27+,28-,29-,30+,31-,32+,33-,34+,35-,36+,37-,39+,40-,41+,42+,43+/m0/s1. The molecule has 8 fully saturated rings. The number of carbonyl (C=O) groups excluding carboxylic acids is 2. The van der Waals surface area contributed by atoms with Crippen LogP contribution in [0.15, 0.2) is 0 Å². The molecule has 0 aromatic carbocycles. The summed E-state index contributed by atoms with van der Waals surface area (Å²) in [6.07, 6.45) is -6.80. The number of fused-ring (bicyclic) bond motifs is 2. The molecule has 7 N–H and O–H groups in total. The molecule has 16 nitrogen and oxygen atoms in total. The normalized spacial score (nSPS) is 54.3. The van der Waals surface area contributed by atoms with Crippen LogP contribution < -0.4 is 0 Å². The predicted octanol–water partition coefficient (Wildman–Crippen LogP) is 1.23. The van der Waals surface area contributed by atoms with E-state index in [2.05, 4.69) is 20.8 Å². The van der Waals surface area contributed by atoms with E-state index in [1.807, 2.05) is 0 Å². The number of aliphatic hydroxyl groups excluding tert-OH is 6. The second-order valence-electron chi connectivity index (χ2n) is 20.9. The average Bonchev–Trinajstić information content (AvgIpc) is 3.52. The Bertz CT molecular complexity index is 1600. The number of rotatable bonds is 9. The largest absolute Gasteiger partial charge is 0.455 e. The van der Waals surface area contributed by atoms with Crippen molar-refractivity contribution in [1.82, 2.24) is 0 Å². The van der Waals surface area contributed by atoms with Gasteiger partial charge in [0, 0.05) is 19.8 Å². The molecule has 8 rings (SSSR count). The van der Waals surface area contributed by atoms with Crippen LogP contribution in [0.5, 0.6) is 0 Å². The molecule has 0 aromatic rings. The zero-order valence-electron chi connectivity index (χ0n) is 35.5. The van der Waals surface area contributed by atoms with Gasteiger partial charge in [0.25, 0.3) is 0 Å². The van der Waals surface area contributed by atoms with Crippen LogP contribution in [-0.2, 0) is 42.7 Å². The minimum absolute atomic E-state index is 0.0695. The van der Waals surface area contributed by atoms with Crippen LogP contribution in [0.25, 0.3) is 0 Å². The van der Waals surface area contributed by atoms with Gasteiger partial charge in [-0.2, -0.15) is 0 Å². The van der Waals surface area contributed by atoms with Crippen LogP contribution in [0.1, 0.15) is 113 Å². The van der Waals surface area contributed by atoms with Gasteiger partial charge in [0.1, 0.15) is 30.5 Å². The predicted molar refractivity (Wildman–Crippen MR) is 204 cm³/mol. The molecule has 2 spiro atoms. The molecule has 3 heterocycles. The van der Waals surface area contributed by atoms with E-state index >= 15 is 0 Å². The van der Waals surface area contributed by atoms with Gasteiger partial charge in [0.2, 0.25) is 0 Å². The van der Waals surface area contributed by atoms with Gasteiger partial charge in [-0.15, -0.1) is 0 Å². The maximum atomic E-state index is 12.2. The van der Waals surface area contributed by atoms with E-state index in [-0.39, 0.29) is 52.1 Å². The lowest BCUT2D eigenvalue weighted by Crippen LogP contribution is -2.63. The summed E-state index contributed by atoms with van der Waals surface area (Å²) in [6.45, 7) is 11.9. The first-order chi connectivity index (χ1) is 27.5. The van der Waals surface area contributed by atoms with Gasteiger partial charge in [0.15, 0.2) is 24.8 Å². The zero-order valence-corrected chi connectivity index (χ0v) is 35.5. The number of esters is 2. The van der Waals surface area contributed by atoms with E-state index in [4.69, 9.17) is 33.2 Å². The average molecular weight is 841 g/mol. The van der Waals surface area contributed by atoms with E-state index in [0.29, 0.717) is 32.1 Å². The Morgan fingerprint density at radius 1 is 0.780 bits per heavy atom. The molecular formula is C43H68O16. The molecule has 8 aliphatic rings. The molecule has 5 aliphatic carbocycles. The molecule has 0 aromatic heterocycles. The summed E-state index contributed by atoms with van der Waals surface area (Å²) in [4.78, 5) is 24.2. The van der Waals surface area contributed by atoms with Crippen LogP contribution in [-0.4, -0.2) is 152 Å². The fraction of sp³-hybridized carbons (Fsp3) is 0.953. The van der Waals surface area contributed by atoms with E-state index in [1.165, 1.54) is 13.8 Å². The van der Waals surface area contributed by atoms with Gasteiger partial charge in [-0.3, -0.25) is 9.59 Å². The van der Waals surface area contributed by atoms with Crippen LogP contribution in [0.2, 0.25) is 0 Å². The topological polar surface area (TPSA) is 240 Å². The van der Waals surface area contributed by atoms with E-state index in [0.717, 1.165) is 32.1 Å². The molecular weight excluding hydrogens is 772 g/mol. The van der Waals surface area contributed by atoms with Gasteiger partial charge in [-0.25, -0.2) is 0 Å². The highest BCUT2D eigenvalue weighted by atomic mass is 16.7. The second kappa shape index (κ2) is 15.0. The Morgan fingerprint density at radius 2 is 1.47 bits per heavy atom. The lowest BCUT2D eigenvalue weighted by Gasteiger charge is -2.63. The highest BCUT2D eigenvalue weighted by Gasteiger charge is 2.83. The van der Waals surface area contributed by atoms with E-state index < -0.39 is 103 Å². The van der Waals surface area contributed by atoms with Gasteiger partial charge in [-0.05, 0) is 118 Å².